The second-order valence-electron chi connectivity index (χ2n) is 3.82. The molecule has 0 unspecified atom stereocenters. The van der Waals surface area contributed by atoms with Crippen LogP contribution in [0.1, 0.15) is 5.56 Å². The van der Waals surface area contributed by atoms with E-state index in [1.165, 1.54) is 17.1 Å². The first-order chi connectivity index (χ1) is 8.92. The van der Waals surface area contributed by atoms with Crippen LogP contribution in [0.25, 0.3) is 10.4 Å². The van der Waals surface area contributed by atoms with E-state index in [0.29, 0.717) is 12.5 Å². The highest BCUT2D eigenvalue weighted by Gasteiger charge is 2.05. The van der Waals surface area contributed by atoms with Gasteiger partial charge in [-0.1, -0.05) is 30.3 Å². The third kappa shape index (κ3) is 2.60. The van der Waals surface area contributed by atoms with Crippen molar-refractivity contribution in [2.24, 2.45) is 0 Å². The van der Waals surface area contributed by atoms with E-state index in [2.05, 4.69) is 21.2 Å². The van der Waals surface area contributed by atoms with Crippen molar-refractivity contribution in [2.75, 3.05) is 0 Å². The van der Waals surface area contributed by atoms with Gasteiger partial charge in [0.05, 0.1) is 4.88 Å². The maximum Gasteiger partial charge on any atom is 0.226 e. The van der Waals surface area contributed by atoms with Gasteiger partial charge in [-0.15, -0.1) is 0 Å². The van der Waals surface area contributed by atoms with Crippen LogP contribution in [-0.4, -0.2) is 4.37 Å². The zero-order valence-corrected chi connectivity index (χ0v) is 11.2. The van der Waals surface area contributed by atoms with Gasteiger partial charge in [0.1, 0.15) is 6.61 Å². The number of thiophene rings is 1. The Kier molecular flexibility index (Phi) is 3.39. The third-order valence-corrected chi connectivity index (χ3v) is 4.03. The molecule has 3 rings (SSSR count). The molecular formula is C14H11NOS2. The number of nitrogens with zero attached hydrogens (tertiary/aromatic N) is 1. The highest BCUT2D eigenvalue weighted by molar-refractivity contribution is 7.11. The summed E-state index contributed by atoms with van der Waals surface area (Å²) in [5.74, 6) is 0.699. The van der Waals surface area contributed by atoms with Crippen molar-refractivity contribution < 1.29 is 4.74 Å². The van der Waals surface area contributed by atoms with Crippen molar-refractivity contribution in [2.45, 2.75) is 6.61 Å². The first-order valence-corrected chi connectivity index (χ1v) is 7.29. The topological polar surface area (TPSA) is 22.1 Å². The lowest BCUT2D eigenvalue weighted by Crippen LogP contribution is -1.94. The maximum absolute atomic E-state index is 5.67. The largest absolute Gasteiger partial charge is 0.472 e. The van der Waals surface area contributed by atoms with E-state index in [1.54, 1.807) is 11.3 Å². The van der Waals surface area contributed by atoms with Crippen molar-refractivity contribution in [1.29, 1.82) is 0 Å². The molecule has 0 aliphatic heterocycles. The Morgan fingerprint density at radius 1 is 1.11 bits per heavy atom. The number of rotatable bonds is 4. The molecule has 2 aromatic heterocycles. The van der Waals surface area contributed by atoms with Gasteiger partial charge in [0.25, 0.3) is 0 Å². The zero-order valence-electron chi connectivity index (χ0n) is 9.58. The van der Waals surface area contributed by atoms with Crippen LogP contribution < -0.4 is 4.74 Å². The highest BCUT2D eigenvalue weighted by Crippen LogP contribution is 2.29. The summed E-state index contributed by atoms with van der Waals surface area (Å²) >= 11 is 3.17. The van der Waals surface area contributed by atoms with E-state index in [4.69, 9.17) is 4.74 Å². The predicted molar refractivity (Wildman–Crippen MR) is 76.2 cm³/mol. The van der Waals surface area contributed by atoms with Crippen molar-refractivity contribution in [3.8, 4) is 16.3 Å². The molecule has 0 spiro atoms. The summed E-state index contributed by atoms with van der Waals surface area (Å²) in [5, 5.41) is 4.19. The van der Waals surface area contributed by atoms with Crippen LogP contribution >= 0.6 is 22.9 Å². The molecule has 0 fully saturated rings. The van der Waals surface area contributed by atoms with Crippen LogP contribution in [0.2, 0.25) is 0 Å². The third-order valence-electron chi connectivity index (χ3n) is 2.52. The summed E-state index contributed by atoms with van der Waals surface area (Å²) in [6.45, 7) is 0.563. The molecule has 1 aromatic carbocycles. The van der Waals surface area contributed by atoms with E-state index in [0.717, 1.165) is 10.4 Å². The van der Waals surface area contributed by atoms with Crippen LogP contribution in [0.15, 0.2) is 53.2 Å². The lowest BCUT2D eigenvalue weighted by atomic mass is 10.2. The number of aromatic nitrogens is 1. The van der Waals surface area contributed by atoms with E-state index in [1.807, 2.05) is 36.4 Å². The first-order valence-electron chi connectivity index (χ1n) is 5.58. The molecular weight excluding hydrogens is 262 g/mol. The molecule has 0 N–H and O–H groups in total. The lowest BCUT2D eigenvalue weighted by Gasteiger charge is -2.01. The fourth-order valence-electron chi connectivity index (χ4n) is 1.60. The smallest absolute Gasteiger partial charge is 0.226 e. The lowest BCUT2D eigenvalue weighted by molar-refractivity contribution is 0.297. The summed E-state index contributed by atoms with van der Waals surface area (Å²) in [6.07, 6.45) is 0. The average Bonchev–Trinajstić information content (AvgIpc) is 3.08. The van der Waals surface area contributed by atoms with Gasteiger partial charge in [0.15, 0.2) is 0 Å². The van der Waals surface area contributed by atoms with E-state index in [9.17, 15) is 0 Å². The van der Waals surface area contributed by atoms with Gasteiger partial charge < -0.3 is 4.74 Å². The van der Waals surface area contributed by atoms with Crippen LogP contribution in [0.5, 0.6) is 5.88 Å². The molecule has 3 aromatic rings. The second-order valence-corrected chi connectivity index (χ2v) is 5.40. The van der Waals surface area contributed by atoms with Crippen molar-refractivity contribution >= 4 is 22.9 Å². The molecule has 2 nitrogen and oxygen atoms in total. The monoisotopic (exact) mass is 273 g/mol. The second kappa shape index (κ2) is 5.33. The normalized spacial score (nSPS) is 10.4. The highest BCUT2D eigenvalue weighted by atomic mass is 32.1. The Labute approximate surface area is 114 Å². The quantitative estimate of drug-likeness (QED) is 0.700. The van der Waals surface area contributed by atoms with Gasteiger partial charge >= 0.3 is 0 Å². The molecule has 0 atom stereocenters. The molecule has 0 saturated carbocycles. The first kappa shape index (κ1) is 11.4. The fraction of sp³-hybridized carbons (Fsp3) is 0.0714. The summed E-state index contributed by atoms with van der Waals surface area (Å²) in [4.78, 5) is 1.15. The van der Waals surface area contributed by atoms with Crippen LogP contribution in [-0.2, 0) is 6.61 Å². The molecule has 0 saturated heterocycles. The SMILES string of the molecule is c1ccc(COc2cc(-c3ccsc3)sn2)cc1. The molecule has 0 bridgehead atoms. The molecule has 0 aliphatic carbocycles. The Morgan fingerprint density at radius 3 is 2.78 bits per heavy atom. The number of hydrogen-bond donors (Lipinski definition) is 0. The molecule has 0 aliphatic rings. The van der Waals surface area contributed by atoms with Crippen molar-refractivity contribution in [3.63, 3.8) is 0 Å². The average molecular weight is 273 g/mol. The van der Waals surface area contributed by atoms with Gasteiger partial charge in [0.2, 0.25) is 5.88 Å². The Hall–Kier alpha value is -1.65. The van der Waals surface area contributed by atoms with Gasteiger partial charge in [-0.3, -0.25) is 0 Å². The van der Waals surface area contributed by atoms with Crippen molar-refractivity contribution in [1.82, 2.24) is 4.37 Å². The standard InChI is InChI=1S/C14H11NOS2/c1-2-4-11(5-3-1)9-16-14-8-13(18-15-14)12-6-7-17-10-12/h1-8,10H,9H2. The summed E-state index contributed by atoms with van der Waals surface area (Å²) in [5.41, 5.74) is 2.37. The minimum absolute atomic E-state index is 0.563. The van der Waals surface area contributed by atoms with E-state index in [-0.39, 0.29) is 0 Å². The number of ether oxygens (including phenoxy) is 1. The summed E-state index contributed by atoms with van der Waals surface area (Å²) < 4.78 is 9.98. The molecule has 0 radical (unpaired) electrons. The van der Waals surface area contributed by atoms with Gasteiger partial charge in [-0.05, 0) is 33.9 Å². The molecule has 18 heavy (non-hydrogen) atoms. The Morgan fingerprint density at radius 2 is 2.00 bits per heavy atom. The molecule has 4 heteroatoms. The Bertz CT molecular complexity index is 602. The van der Waals surface area contributed by atoms with Crippen LogP contribution in [0.4, 0.5) is 0 Å². The number of hydrogen-bond acceptors (Lipinski definition) is 4. The fourth-order valence-corrected chi connectivity index (χ4v) is 3.01. The van der Waals surface area contributed by atoms with E-state index >= 15 is 0 Å². The predicted octanol–water partition coefficient (Wildman–Crippen LogP) is 4.45. The van der Waals surface area contributed by atoms with Crippen LogP contribution in [0.3, 0.4) is 0 Å². The van der Waals surface area contributed by atoms with Gasteiger partial charge in [0, 0.05) is 11.6 Å². The summed E-state index contributed by atoms with van der Waals surface area (Å²) in [6, 6.07) is 14.2. The van der Waals surface area contributed by atoms with Gasteiger partial charge in [-0.2, -0.15) is 15.7 Å². The number of benzene rings is 1. The molecule has 2 heterocycles. The van der Waals surface area contributed by atoms with Crippen molar-refractivity contribution in [3.05, 3.63) is 58.8 Å². The zero-order chi connectivity index (χ0) is 12.2. The minimum Gasteiger partial charge on any atom is -0.472 e. The molecule has 0 amide bonds. The molecule has 90 valence electrons. The minimum atomic E-state index is 0.563. The summed E-state index contributed by atoms with van der Waals surface area (Å²) in [7, 11) is 0. The maximum atomic E-state index is 5.67. The Balaban J connectivity index is 1.68. The van der Waals surface area contributed by atoms with Gasteiger partial charge in [-0.25, -0.2) is 0 Å². The van der Waals surface area contributed by atoms with Crippen LogP contribution in [0, 0.1) is 0 Å². The van der Waals surface area contributed by atoms with E-state index < -0.39 is 0 Å².